The van der Waals surface area contributed by atoms with Gasteiger partial charge in [-0.1, -0.05) is 42.5 Å². The topological polar surface area (TPSA) is 88.2 Å². The molecule has 8 nitrogen and oxygen atoms in total. The predicted molar refractivity (Wildman–Crippen MR) is 138 cm³/mol. The summed E-state index contributed by atoms with van der Waals surface area (Å²) < 4.78 is 25.6. The van der Waals surface area contributed by atoms with Crippen molar-refractivity contribution in [3.63, 3.8) is 0 Å². The highest BCUT2D eigenvalue weighted by Gasteiger charge is 2.35. The molecule has 2 saturated heterocycles. The summed E-state index contributed by atoms with van der Waals surface area (Å²) in [5.74, 6) is -0.829. The highest BCUT2D eigenvalue weighted by atomic mass is 19.1. The molecule has 192 valence electrons. The van der Waals surface area contributed by atoms with E-state index in [1.54, 1.807) is 18.2 Å². The molecule has 0 saturated carbocycles. The van der Waals surface area contributed by atoms with Gasteiger partial charge in [0.1, 0.15) is 11.9 Å². The highest BCUT2D eigenvalue weighted by Crippen LogP contribution is 2.35. The van der Waals surface area contributed by atoms with Crippen LogP contribution in [0.3, 0.4) is 0 Å². The average molecular weight is 506 g/mol. The second kappa shape index (κ2) is 11.0. The quantitative estimate of drug-likeness (QED) is 0.467. The molecule has 2 aliphatic rings. The third-order valence-corrected chi connectivity index (χ3v) is 6.64. The number of Topliss-reactive ketones (excluding diaryl/α,β-unsaturated/α-hetero) is 1. The number of carbonyl (C=O) groups excluding carboxylic acids is 3. The standard InChI is InChI=1S/C28H28FN3O5/c29-23-6-3-7-24(27(23)31-12-14-36-15-13-31)32-18-22(37-28(32)35)17-30-26(34)11-10-25(33)21-9-8-19-4-1-2-5-20(19)16-21/h1-9,16,22H,10-15,17-18H2,(H,30,34)/t22-/m0/s1. The number of benzene rings is 3. The molecule has 0 bridgehead atoms. The number of nitrogens with one attached hydrogen (secondary N) is 1. The Morgan fingerprint density at radius 2 is 1.76 bits per heavy atom. The van der Waals surface area contributed by atoms with Gasteiger partial charge >= 0.3 is 6.09 Å². The van der Waals surface area contributed by atoms with Gasteiger partial charge in [0.25, 0.3) is 0 Å². The van der Waals surface area contributed by atoms with Gasteiger partial charge in [0.05, 0.1) is 37.7 Å². The molecule has 3 aromatic carbocycles. The zero-order valence-electron chi connectivity index (χ0n) is 20.3. The van der Waals surface area contributed by atoms with Gasteiger partial charge in [-0.05, 0) is 29.0 Å². The molecule has 0 spiro atoms. The van der Waals surface area contributed by atoms with Crippen LogP contribution in [0.25, 0.3) is 10.8 Å². The molecule has 5 rings (SSSR count). The van der Waals surface area contributed by atoms with Gasteiger partial charge in [-0.3, -0.25) is 14.5 Å². The van der Waals surface area contributed by atoms with Crippen LogP contribution in [0.1, 0.15) is 23.2 Å². The lowest BCUT2D eigenvalue weighted by molar-refractivity contribution is -0.121. The van der Waals surface area contributed by atoms with E-state index in [-0.39, 0.29) is 37.6 Å². The van der Waals surface area contributed by atoms with E-state index in [0.717, 1.165) is 10.8 Å². The Hall–Kier alpha value is -3.98. The maximum absolute atomic E-state index is 14.8. The first-order valence-electron chi connectivity index (χ1n) is 12.4. The molecule has 1 N–H and O–H groups in total. The smallest absolute Gasteiger partial charge is 0.414 e. The summed E-state index contributed by atoms with van der Waals surface area (Å²) in [6, 6.07) is 17.9. The van der Waals surface area contributed by atoms with Crippen LogP contribution in [-0.4, -0.2) is 63.3 Å². The minimum Gasteiger partial charge on any atom is -0.442 e. The number of ketones is 1. The van der Waals surface area contributed by atoms with Crippen molar-refractivity contribution < 1.29 is 28.2 Å². The maximum Gasteiger partial charge on any atom is 0.414 e. The van der Waals surface area contributed by atoms with Crippen molar-refractivity contribution >= 4 is 39.9 Å². The van der Waals surface area contributed by atoms with E-state index >= 15 is 0 Å². The number of amides is 2. The van der Waals surface area contributed by atoms with Crippen LogP contribution < -0.4 is 15.1 Å². The lowest BCUT2D eigenvalue weighted by Crippen LogP contribution is -2.39. The van der Waals surface area contributed by atoms with Gasteiger partial charge in [-0.15, -0.1) is 0 Å². The Kier molecular flexibility index (Phi) is 7.32. The van der Waals surface area contributed by atoms with Crippen molar-refractivity contribution in [2.45, 2.75) is 18.9 Å². The molecule has 2 aliphatic heterocycles. The first kappa shape index (κ1) is 24.7. The number of hydrogen-bond donors (Lipinski definition) is 1. The van der Waals surface area contributed by atoms with Crippen LogP contribution in [0.5, 0.6) is 0 Å². The van der Waals surface area contributed by atoms with Gasteiger partial charge in [-0.2, -0.15) is 0 Å². The molecular weight excluding hydrogens is 477 g/mol. The van der Waals surface area contributed by atoms with Gasteiger partial charge in [0.15, 0.2) is 5.78 Å². The summed E-state index contributed by atoms with van der Waals surface area (Å²) in [6.45, 7) is 2.29. The third-order valence-electron chi connectivity index (χ3n) is 6.64. The second-order valence-corrected chi connectivity index (χ2v) is 9.11. The van der Waals surface area contributed by atoms with Crippen LogP contribution in [0.15, 0.2) is 60.7 Å². The minimum absolute atomic E-state index is 0.0289. The number of ether oxygens (including phenoxy) is 2. The molecule has 2 amide bonds. The number of fused-ring (bicyclic) bond motifs is 1. The molecule has 9 heteroatoms. The third kappa shape index (κ3) is 5.56. The van der Waals surface area contributed by atoms with Crippen molar-refractivity contribution in [3.05, 3.63) is 72.0 Å². The highest BCUT2D eigenvalue weighted by molar-refractivity contribution is 6.01. The molecule has 2 fully saturated rings. The molecule has 1 atom stereocenters. The van der Waals surface area contributed by atoms with Crippen LogP contribution in [0, 0.1) is 5.82 Å². The number of para-hydroxylation sites is 1. The van der Waals surface area contributed by atoms with Gasteiger partial charge in [0.2, 0.25) is 5.91 Å². The van der Waals surface area contributed by atoms with Crippen LogP contribution >= 0.6 is 0 Å². The SMILES string of the molecule is O=C(CCC(=O)c1ccc2ccccc2c1)NC[C@H]1CN(c2cccc(F)c2N2CCOCC2)C(=O)O1. The van der Waals surface area contributed by atoms with Crippen molar-refractivity contribution in [3.8, 4) is 0 Å². The summed E-state index contributed by atoms with van der Waals surface area (Å²) in [5.41, 5.74) is 1.35. The Morgan fingerprint density at radius 3 is 2.57 bits per heavy atom. The maximum atomic E-state index is 14.8. The lowest BCUT2D eigenvalue weighted by atomic mass is 10.0. The molecular formula is C28H28FN3O5. The van der Waals surface area contributed by atoms with Gasteiger partial charge in [0, 0.05) is 31.5 Å². The molecule has 0 aliphatic carbocycles. The fraction of sp³-hybridized carbons (Fsp3) is 0.321. The van der Waals surface area contributed by atoms with Crippen molar-refractivity contribution in [2.75, 3.05) is 49.2 Å². The summed E-state index contributed by atoms with van der Waals surface area (Å²) in [7, 11) is 0. The Bertz CT molecular complexity index is 1320. The monoisotopic (exact) mass is 505 g/mol. The van der Waals surface area contributed by atoms with E-state index in [4.69, 9.17) is 9.47 Å². The largest absolute Gasteiger partial charge is 0.442 e. The van der Waals surface area contributed by atoms with Crippen molar-refractivity contribution in [2.24, 2.45) is 0 Å². The molecule has 37 heavy (non-hydrogen) atoms. The fourth-order valence-electron chi connectivity index (χ4n) is 4.70. The molecule has 3 aromatic rings. The zero-order valence-corrected chi connectivity index (χ0v) is 20.3. The van der Waals surface area contributed by atoms with Crippen molar-refractivity contribution in [1.29, 1.82) is 0 Å². The van der Waals surface area contributed by atoms with E-state index in [2.05, 4.69) is 5.32 Å². The second-order valence-electron chi connectivity index (χ2n) is 9.11. The molecule has 0 radical (unpaired) electrons. The summed E-state index contributed by atoms with van der Waals surface area (Å²) >= 11 is 0. The molecule has 0 unspecified atom stereocenters. The van der Waals surface area contributed by atoms with E-state index in [1.165, 1.54) is 11.0 Å². The number of carbonyl (C=O) groups is 3. The first-order chi connectivity index (χ1) is 18.0. The van der Waals surface area contributed by atoms with E-state index in [9.17, 15) is 18.8 Å². The average Bonchev–Trinajstić information content (AvgIpc) is 3.30. The van der Waals surface area contributed by atoms with Gasteiger partial charge < -0.3 is 19.7 Å². The summed E-state index contributed by atoms with van der Waals surface area (Å²) in [5, 5.41) is 4.77. The normalized spacial score (nSPS) is 17.6. The summed E-state index contributed by atoms with van der Waals surface area (Å²) in [4.78, 5) is 40.9. The number of hydrogen-bond acceptors (Lipinski definition) is 6. The van der Waals surface area contributed by atoms with E-state index in [1.807, 2.05) is 41.3 Å². The van der Waals surface area contributed by atoms with Crippen LogP contribution in [0.2, 0.25) is 0 Å². The number of rotatable bonds is 8. The fourth-order valence-corrected chi connectivity index (χ4v) is 4.70. The molecule has 2 heterocycles. The van der Waals surface area contributed by atoms with Crippen LogP contribution in [0.4, 0.5) is 20.6 Å². The van der Waals surface area contributed by atoms with E-state index < -0.39 is 18.0 Å². The van der Waals surface area contributed by atoms with Gasteiger partial charge in [-0.25, -0.2) is 9.18 Å². The number of anilines is 2. The number of cyclic esters (lactones) is 1. The predicted octanol–water partition coefficient (Wildman–Crippen LogP) is 3.92. The number of morpholine rings is 1. The zero-order chi connectivity index (χ0) is 25.8. The summed E-state index contributed by atoms with van der Waals surface area (Å²) in [6.07, 6.45) is -1.08. The van der Waals surface area contributed by atoms with Crippen molar-refractivity contribution in [1.82, 2.24) is 5.32 Å². The Morgan fingerprint density at radius 1 is 0.973 bits per heavy atom. The Balaban J connectivity index is 1.15. The van der Waals surface area contributed by atoms with Crippen LogP contribution in [-0.2, 0) is 14.3 Å². The van der Waals surface area contributed by atoms with E-state index in [0.29, 0.717) is 43.2 Å². The molecule has 0 aromatic heterocycles. The number of nitrogens with zero attached hydrogens (tertiary/aromatic N) is 2. The minimum atomic E-state index is -0.592. The first-order valence-corrected chi connectivity index (χ1v) is 12.4. The lowest BCUT2D eigenvalue weighted by Gasteiger charge is -2.32. The number of halogens is 1. The Labute approximate surface area is 213 Å².